The Labute approximate surface area is 248 Å². The topological polar surface area (TPSA) is 74.2 Å². The summed E-state index contributed by atoms with van der Waals surface area (Å²) in [6.07, 6.45) is 2.20. The number of carboxylic acids is 1. The molecule has 5 nitrogen and oxygen atoms in total. The number of anilines is 1. The first kappa shape index (κ1) is 27.7. The van der Waals surface area contributed by atoms with Gasteiger partial charge in [0.2, 0.25) is 5.91 Å². The van der Waals surface area contributed by atoms with Gasteiger partial charge in [-0.05, 0) is 52.9 Å². The average molecular weight is 531 g/mol. The number of nitrogens with one attached hydrogen (secondary N) is 1. The molecule has 0 aliphatic carbocycles. The SMILES string of the molecule is O=C([O-])CC(=O)Nc1ccc(Cc2cn(C(c3ccccc3)c3ccccc3)c3cc(Cl)ccc23)cc1.[Na+]. The Kier molecular flexibility index (Phi) is 9.08. The van der Waals surface area contributed by atoms with Crippen LogP contribution in [0.25, 0.3) is 10.9 Å². The van der Waals surface area contributed by atoms with Crippen LogP contribution in [0.1, 0.15) is 34.7 Å². The maximum atomic E-state index is 11.7. The standard InChI is InChI=1S/C31H25ClN2O3.Na/c32-25-13-16-27-24(17-21-11-14-26(15-12-21)33-29(35)19-30(36)37)20-34(28(27)18-25)31(22-7-3-1-4-8-22)23-9-5-2-6-10-23;/h1-16,18,20,31H,17,19H2,(H,33,35)(H,36,37);/q;+1/p-1. The zero-order valence-electron chi connectivity index (χ0n) is 20.9. The van der Waals surface area contributed by atoms with Crippen molar-refractivity contribution in [3.8, 4) is 0 Å². The summed E-state index contributed by atoms with van der Waals surface area (Å²) in [7, 11) is 0. The Morgan fingerprint density at radius 1 is 0.842 bits per heavy atom. The van der Waals surface area contributed by atoms with Crippen LogP contribution in [0, 0.1) is 0 Å². The van der Waals surface area contributed by atoms with Gasteiger partial charge in [-0.25, -0.2) is 0 Å². The molecule has 0 aliphatic heterocycles. The molecule has 1 amide bonds. The van der Waals surface area contributed by atoms with Crippen LogP contribution in [-0.4, -0.2) is 16.4 Å². The van der Waals surface area contributed by atoms with Crippen molar-refractivity contribution in [1.29, 1.82) is 0 Å². The van der Waals surface area contributed by atoms with E-state index in [1.807, 2.05) is 36.4 Å². The van der Waals surface area contributed by atoms with Crippen molar-refractivity contribution in [3.05, 3.63) is 137 Å². The number of carbonyl (C=O) groups excluding carboxylic acids is 2. The number of nitrogens with zero attached hydrogens (tertiary/aromatic N) is 1. The van der Waals surface area contributed by atoms with Gasteiger partial charge in [-0.3, -0.25) is 4.79 Å². The minimum absolute atomic E-state index is 0. The molecule has 1 heterocycles. The minimum Gasteiger partial charge on any atom is -0.550 e. The second-order valence-electron chi connectivity index (χ2n) is 8.92. The molecule has 0 saturated heterocycles. The van der Waals surface area contributed by atoms with Crippen LogP contribution < -0.4 is 40.0 Å². The number of aliphatic carboxylic acids is 1. The third-order valence-electron chi connectivity index (χ3n) is 6.32. The van der Waals surface area contributed by atoms with E-state index < -0.39 is 18.3 Å². The molecule has 0 aliphatic rings. The van der Waals surface area contributed by atoms with Gasteiger partial charge in [0.1, 0.15) is 0 Å². The van der Waals surface area contributed by atoms with Crippen molar-refractivity contribution < 1.29 is 44.3 Å². The minimum atomic E-state index is -1.41. The average Bonchev–Trinajstić information content (AvgIpc) is 3.23. The number of rotatable bonds is 8. The van der Waals surface area contributed by atoms with Crippen LogP contribution in [0.5, 0.6) is 0 Å². The van der Waals surface area contributed by atoms with Crippen LogP contribution in [-0.2, 0) is 16.0 Å². The van der Waals surface area contributed by atoms with Gasteiger partial charge in [0.05, 0.1) is 23.9 Å². The smallest absolute Gasteiger partial charge is 0.550 e. The molecule has 0 unspecified atom stereocenters. The van der Waals surface area contributed by atoms with Crippen molar-refractivity contribution in [1.82, 2.24) is 4.57 Å². The van der Waals surface area contributed by atoms with E-state index in [-0.39, 0.29) is 35.6 Å². The number of halogens is 1. The Bertz CT molecular complexity index is 1510. The van der Waals surface area contributed by atoms with Gasteiger partial charge >= 0.3 is 29.6 Å². The molecule has 5 rings (SSSR count). The molecule has 0 atom stereocenters. The van der Waals surface area contributed by atoms with Crippen LogP contribution in [0.4, 0.5) is 5.69 Å². The summed E-state index contributed by atoms with van der Waals surface area (Å²) in [5.74, 6) is -2.02. The molecule has 0 bridgehead atoms. The predicted molar refractivity (Wildman–Crippen MR) is 145 cm³/mol. The monoisotopic (exact) mass is 530 g/mol. The molecule has 0 radical (unpaired) electrons. The van der Waals surface area contributed by atoms with Crippen LogP contribution >= 0.6 is 11.6 Å². The molecule has 4 aromatic carbocycles. The quantitative estimate of drug-likeness (QED) is 0.248. The Morgan fingerprint density at radius 2 is 1.45 bits per heavy atom. The summed E-state index contributed by atoms with van der Waals surface area (Å²) in [6, 6.07) is 34.2. The second-order valence-corrected chi connectivity index (χ2v) is 9.35. The number of carbonyl (C=O) groups is 2. The van der Waals surface area contributed by atoms with E-state index in [4.69, 9.17) is 11.6 Å². The number of carboxylic acid groups (broad SMARTS) is 1. The predicted octanol–water partition coefficient (Wildman–Crippen LogP) is 2.61. The third kappa shape index (κ3) is 6.37. The van der Waals surface area contributed by atoms with Crippen molar-refractivity contribution in [2.45, 2.75) is 18.9 Å². The first-order valence-corrected chi connectivity index (χ1v) is 12.3. The second kappa shape index (κ2) is 12.5. The van der Waals surface area contributed by atoms with E-state index in [1.54, 1.807) is 12.1 Å². The third-order valence-corrected chi connectivity index (χ3v) is 6.56. The first-order valence-electron chi connectivity index (χ1n) is 12.0. The Hall–Kier alpha value is -3.35. The zero-order chi connectivity index (χ0) is 25.8. The van der Waals surface area contributed by atoms with Gasteiger partial charge in [0, 0.05) is 22.3 Å². The molecule has 1 aromatic heterocycles. The number of amides is 1. The van der Waals surface area contributed by atoms with Gasteiger partial charge in [-0.1, -0.05) is 90.5 Å². The largest absolute Gasteiger partial charge is 1.00 e. The molecular weight excluding hydrogens is 507 g/mol. The summed E-state index contributed by atoms with van der Waals surface area (Å²) < 4.78 is 2.29. The van der Waals surface area contributed by atoms with E-state index in [9.17, 15) is 14.7 Å². The number of hydrogen-bond donors (Lipinski definition) is 1. The van der Waals surface area contributed by atoms with Gasteiger partial charge in [-0.15, -0.1) is 0 Å². The van der Waals surface area contributed by atoms with Gasteiger partial charge in [0.25, 0.3) is 0 Å². The van der Waals surface area contributed by atoms with Gasteiger partial charge in [0.15, 0.2) is 0 Å². The van der Waals surface area contributed by atoms with E-state index in [0.29, 0.717) is 17.1 Å². The molecule has 38 heavy (non-hydrogen) atoms. The fourth-order valence-electron chi connectivity index (χ4n) is 4.70. The molecule has 1 N–H and O–H groups in total. The van der Waals surface area contributed by atoms with Gasteiger partial charge < -0.3 is 19.8 Å². The molecule has 0 saturated carbocycles. The number of fused-ring (bicyclic) bond motifs is 1. The van der Waals surface area contributed by atoms with Crippen molar-refractivity contribution in [2.75, 3.05) is 5.32 Å². The fraction of sp³-hybridized carbons (Fsp3) is 0.0968. The summed E-state index contributed by atoms with van der Waals surface area (Å²) in [4.78, 5) is 22.4. The van der Waals surface area contributed by atoms with Crippen molar-refractivity contribution >= 4 is 40.1 Å². The number of aromatic nitrogens is 1. The van der Waals surface area contributed by atoms with E-state index in [2.05, 4.69) is 70.7 Å². The molecule has 0 spiro atoms. The molecule has 184 valence electrons. The summed E-state index contributed by atoms with van der Waals surface area (Å²) in [5.41, 5.74) is 6.14. The van der Waals surface area contributed by atoms with E-state index in [1.165, 1.54) is 11.1 Å². The Balaban J connectivity index is 0.00000336. The molecule has 7 heteroatoms. The van der Waals surface area contributed by atoms with Crippen molar-refractivity contribution in [2.24, 2.45) is 0 Å². The maximum absolute atomic E-state index is 11.7. The maximum Gasteiger partial charge on any atom is 1.00 e. The van der Waals surface area contributed by atoms with Crippen LogP contribution in [0.2, 0.25) is 5.02 Å². The normalized spacial score (nSPS) is 10.8. The molecule has 5 aromatic rings. The van der Waals surface area contributed by atoms with Gasteiger partial charge in [-0.2, -0.15) is 0 Å². The summed E-state index contributed by atoms with van der Waals surface area (Å²) in [6.45, 7) is 0. The van der Waals surface area contributed by atoms with E-state index >= 15 is 0 Å². The summed E-state index contributed by atoms with van der Waals surface area (Å²) in [5, 5.41) is 15.0. The number of hydrogen-bond acceptors (Lipinski definition) is 3. The van der Waals surface area contributed by atoms with E-state index in [0.717, 1.165) is 22.0 Å². The zero-order valence-corrected chi connectivity index (χ0v) is 23.7. The summed E-state index contributed by atoms with van der Waals surface area (Å²) >= 11 is 6.46. The van der Waals surface area contributed by atoms with Crippen LogP contribution in [0.15, 0.2) is 109 Å². The van der Waals surface area contributed by atoms with Crippen LogP contribution in [0.3, 0.4) is 0 Å². The number of benzene rings is 4. The first-order chi connectivity index (χ1) is 18.0. The van der Waals surface area contributed by atoms with Crippen molar-refractivity contribution in [3.63, 3.8) is 0 Å². The molecule has 0 fully saturated rings. The fourth-order valence-corrected chi connectivity index (χ4v) is 4.86. The molecular formula is C31H24ClN2NaO3. The Morgan fingerprint density at radius 3 is 2.03 bits per heavy atom.